The Kier molecular flexibility index (Phi) is 12.4. The van der Waals surface area contributed by atoms with Gasteiger partial charge < -0.3 is 19.3 Å². The highest BCUT2D eigenvalue weighted by Crippen LogP contribution is 2.44. The number of fused-ring (bicyclic) bond motifs is 3. The van der Waals surface area contributed by atoms with Crippen molar-refractivity contribution in [1.29, 1.82) is 5.26 Å². The van der Waals surface area contributed by atoms with E-state index in [4.69, 9.17) is 14.2 Å². The number of nitrogens with zero attached hydrogens (tertiary/aromatic N) is 10. The van der Waals surface area contributed by atoms with Gasteiger partial charge >= 0.3 is 0 Å². The van der Waals surface area contributed by atoms with Gasteiger partial charge in [0.25, 0.3) is 23.1 Å². The van der Waals surface area contributed by atoms with Crippen LogP contribution in [0.2, 0.25) is 0 Å². The third kappa shape index (κ3) is 9.47. The smallest absolute Gasteiger partial charge is 0.298 e. The molecule has 0 saturated carbocycles. The first kappa shape index (κ1) is 42.3. The summed E-state index contributed by atoms with van der Waals surface area (Å²) >= 11 is 1.07. The van der Waals surface area contributed by atoms with Crippen molar-refractivity contribution in [2.24, 2.45) is 30.7 Å². The zero-order chi connectivity index (χ0) is 44.0. The van der Waals surface area contributed by atoms with Crippen LogP contribution in [0.3, 0.4) is 0 Å². The SMILES string of the molecule is Cc1ccc(-c2nc(N=Nc3cc(OCCCS(=O)(=O)O)c(N=Nc4c(C)c(C#N)c5nc6ccccc6n5c4O)cc3C)sc2N=Nc2cc(OC=O)cc(OC=O)c2)cc1. The summed E-state index contributed by atoms with van der Waals surface area (Å²) in [7, 11) is -4.26. The fourth-order valence-corrected chi connectivity index (χ4v) is 7.30. The normalized spacial score (nSPS) is 11.9. The second-order valence-corrected chi connectivity index (χ2v) is 15.9. The lowest BCUT2D eigenvalue weighted by molar-refractivity contribution is -0.121. The Morgan fingerprint density at radius 1 is 0.855 bits per heavy atom. The summed E-state index contributed by atoms with van der Waals surface area (Å²) in [4.78, 5) is 31.2. The van der Waals surface area contributed by atoms with E-state index in [2.05, 4.69) is 46.7 Å². The van der Waals surface area contributed by atoms with E-state index in [1.54, 1.807) is 44.2 Å². The lowest BCUT2D eigenvalue weighted by Crippen LogP contribution is -2.08. The molecule has 21 heteroatoms. The molecule has 3 heterocycles. The number of rotatable bonds is 16. The van der Waals surface area contributed by atoms with E-state index in [0.717, 1.165) is 16.9 Å². The van der Waals surface area contributed by atoms with Crippen LogP contribution in [-0.2, 0) is 19.7 Å². The van der Waals surface area contributed by atoms with Gasteiger partial charge in [0.05, 0.1) is 34.8 Å². The Bertz CT molecular complexity index is 3090. The average molecular weight is 873 g/mol. The second kappa shape index (κ2) is 18.2. The number of carbonyl (C=O) groups excluding carboxylic acids is 2. The third-order valence-corrected chi connectivity index (χ3v) is 10.7. The van der Waals surface area contributed by atoms with E-state index >= 15 is 0 Å². The molecule has 0 aliphatic carbocycles. The Balaban J connectivity index is 1.26. The molecular weight excluding hydrogens is 841 g/mol. The van der Waals surface area contributed by atoms with Gasteiger partial charge in [-0.25, -0.2) is 9.97 Å². The first-order valence-corrected chi connectivity index (χ1v) is 20.7. The summed E-state index contributed by atoms with van der Waals surface area (Å²) in [5.41, 5.74) is 5.32. The van der Waals surface area contributed by atoms with Crippen molar-refractivity contribution in [3.8, 4) is 40.5 Å². The molecule has 7 rings (SSSR count). The minimum Gasteiger partial charge on any atom is -0.493 e. The van der Waals surface area contributed by atoms with Crippen LogP contribution in [0.25, 0.3) is 27.9 Å². The number of aromatic hydroxyl groups is 1. The maximum absolute atomic E-state index is 11.4. The summed E-state index contributed by atoms with van der Waals surface area (Å²) < 4.78 is 49.3. The minimum absolute atomic E-state index is 0.00814. The summed E-state index contributed by atoms with van der Waals surface area (Å²) in [5.74, 6) is -0.591. The topological polar surface area (TPSA) is 265 Å². The highest BCUT2D eigenvalue weighted by atomic mass is 32.2. The van der Waals surface area contributed by atoms with Crippen molar-refractivity contribution in [2.45, 2.75) is 27.2 Å². The number of pyridine rings is 1. The van der Waals surface area contributed by atoms with Gasteiger partial charge in [-0.15, -0.1) is 30.7 Å². The molecule has 19 nitrogen and oxygen atoms in total. The first-order valence-electron chi connectivity index (χ1n) is 18.3. The van der Waals surface area contributed by atoms with Gasteiger partial charge in [0.15, 0.2) is 16.3 Å². The molecule has 0 unspecified atom stereocenters. The van der Waals surface area contributed by atoms with Crippen LogP contribution in [0.15, 0.2) is 110 Å². The standard InChI is InChI=1S/C41H32N10O9S2/c1-23-9-11-26(12-10-23)37-39(49-45-27-16-28(59-21-52)18-29(17-27)60-22-53)61-41(44-37)50-46-32-19-35(58-13-6-14-62(55,56)57)33(15-24(32)2)47-48-36-25(3)30(20-42)38-43-31-7-4-5-8-34(31)51(38)40(36)54/h4-5,7-12,15-19,21-22,54H,6,13-14H2,1-3H3,(H,55,56,57). The van der Waals surface area contributed by atoms with Crippen LogP contribution in [-0.4, -0.2) is 57.7 Å². The molecule has 62 heavy (non-hydrogen) atoms. The van der Waals surface area contributed by atoms with Crippen molar-refractivity contribution in [2.75, 3.05) is 12.4 Å². The molecular formula is C41H32N10O9S2. The highest BCUT2D eigenvalue weighted by Gasteiger charge is 2.21. The van der Waals surface area contributed by atoms with Gasteiger partial charge in [-0.05, 0) is 51.0 Å². The number of para-hydroxylation sites is 2. The van der Waals surface area contributed by atoms with Crippen LogP contribution in [0, 0.1) is 32.1 Å². The molecule has 0 aliphatic heterocycles. The molecule has 0 fully saturated rings. The summed E-state index contributed by atoms with van der Waals surface area (Å²) in [6.45, 7) is 5.59. The molecule has 0 bridgehead atoms. The van der Waals surface area contributed by atoms with Gasteiger partial charge in [-0.2, -0.15) is 13.7 Å². The number of aryl methyl sites for hydroxylation is 2. The molecule has 0 radical (unpaired) electrons. The average Bonchev–Trinajstić information content (AvgIpc) is 3.84. The number of ether oxygens (including phenoxy) is 3. The fraction of sp³-hybridized carbons (Fsp3) is 0.146. The lowest BCUT2D eigenvalue weighted by Gasteiger charge is -2.11. The van der Waals surface area contributed by atoms with E-state index in [0.29, 0.717) is 44.1 Å². The zero-order valence-corrected chi connectivity index (χ0v) is 34.5. The molecule has 0 aliphatic rings. The largest absolute Gasteiger partial charge is 0.493 e. The monoisotopic (exact) mass is 872 g/mol. The fourth-order valence-electron chi connectivity index (χ4n) is 6.08. The van der Waals surface area contributed by atoms with Gasteiger partial charge in [-0.3, -0.25) is 18.5 Å². The maximum Gasteiger partial charge on any atom is 0.298 e. The Morgan fingerprint density at radius 2 is 1.56 bits per heavy atom. The third-order valence-electron chi connectivity index (χ3n) is 9.05. The lowest BCUT2D eigenvalue weighted by atomic mass is 10.1. The van der Waals surface area contributed by atoms with Crippen LogP contribution < -0.4 is 14.2 Å². The van der Waals surface area contributed by atoms with E-state index < -0.39 is 15.9 Å². The Labute approximate surface area is 356 Å². The summed E-state index contributed by atoms with van der Waals surface area (Å²) in [5, 5.41) is 48.3. The van der Waals surface area contributed by atoms with E-state index in [1.807, 2.05) is 31.2 Å². The molecule has 3 aromatic heterocycles. The number of hydrogen-bond acceptors (Lipinski definition) is 18. The zero-order valence-electron chi connectivity index (χ0n) is 32.8. The molecule has 0 atom stereocenters. The summed E-state index contributed by atoms with van der Waals surface area (Å²) in [6, 6.07) is 24.0. The number of aromatic nitrogens is 3. The molecule has 7 aromatic rings. The van der Waals surface area contributed by atoms with Crippen LogP contribution in [0.5, 0.6) is 23.1 Å². The Hall–Kier alpha value is -7.80. The number of imidazole rings is 1. The van der Waals surface area contributed by atoms with Gasteiger partial charge in [0.1, 0.15) is 40.3 Å². The molecule has 4 aromatic carbocycles. The molecule has 2 N–H and O–H groups in total. The highest BCUT2D eigenvalue weighted by molar-refractivity contribution is 7.85. The molecule has 0 spiro atoms. The minimum atomic E-state index is -4.26. The van der Waals surface area contributed by atoms with Gasteiger partial charge in [-0.1, -0.05) is 53.3 Å². The maximum atomic E-state index is 11.4. The molecule has 0 saturated heterocycles. The Morgan fingerprint density at radius 3 is 2.26 bits per heavy atom. The van der Waals surface area contributed by atoms with E-state index in [9.17, 15) is 32.9 Å². The van der Waals surface area contributed by atoms with Crippen molar-refractivity contribution in [1.82, 2.24) is 14.4 Å². The molecule has 312 valence electrons. The predicted molar refractivity (Wildman–Crippen MR) is 226 cm³/mol. The van der Waals surface area contributed by atoms with Gasteiger partial charge in [0.2, 0.25) is 11.0 Å². The first-order chi connectivity index (χ1) is 29.8. The number of benzene rings is 4. The number of nitriles is 1. The van der Waals surface area contributed by atoms with E-state index in [-0.39, 0.29) is 82.5 Å². The van der Waals surface area contributed by atoms with Crippen molar-refractivity contribution < 1.29 is 41.9 Å². The predicted octanol–water partition coefficient (Wildman–Crippen LogP) is 10.1. The number of hydrogen-bond donors (Lipinski definition) is 2. The van der Waals surface area contributed by atoms with Crippen molar-refractivity contribution >= 4 is 84.0 Å². The van der Waals surface area contributed by atoms with Crippen LogP contribution in [0.1, 0.15) is 28.7 Å². The quantitative estimate of drug-likeness (QED) is 0.0397. The second-order valence-electron chi connectivity index (χ2n) is 13.3. The van der Waals surface area contributed by atoms with E-state index in [1.165, 1.54) is 28.7 Å². The number of azo groups is 3. The molecule has 0 amide bonds. The van der Waals surface area contributed by atoms with Crippen LogP contribution >= 0.6 is 11.3 Å². The van der Waals surface area contributed by atoms with Crippen LogP contribution in [0.4, 0.5) is 32.9 Å². The number of carbonyl (C=O) groups is 2. The van der Waals surface area contributed by atoms with Crippen molar-refractivity contribution in [3.63, 3.8) is 0 Å². The number of thiazole rings is 1. The van der Waals surface area contributed by atoms with Crippen molar-refractivity contribution in [3.05, 3.63) is 101 Å². The summed E-state index contributed by atoms with van der Waals surface area (Å²) in [6.07, 6.45) is -0.0615. The van der Waals surface area contributed by atoms with Gasteiger partial charge in [0, 0.05) is 35.4 Å².